The van der Waals surface area contributed by atoms with E-state index in [0.717, 1.165) is 27.7 Å². The summed E-state index contributed by atoms with van der Waals surface area (Å²) < 4.78 is 5.26. The first-order valence-electron chi connectivity index (χ1n) is 5.46. The van der Waals surface area contributed by atoms with Gasteiger partial charge >= 0.3 is 0 Å². The lowest BCUT2D eigenvalue weighted by molar-refractivity contribution is 0.412. The molecule has 0 saturated carbocycles. The maximum absolute atomic E-state index is 5.26. The predicted molar refractivity (Wildman–Crippen MR) is 73.1 cm³/mol. The minimum absolute atomic E-state index is 0.912. The van der Waals surface area contributed by atoms with Crippen molar-refractivity contribution >= 4 is 16.5 Å². The van der Waals surface area contributed by atoms with Crippen LogP contribution in [0.4, 0.5) is 5.13 Å². The number of rotatable bonds is 3. The van der Waals surface area contributed by atoms with Gasteiger partial charge in [0.05, 0.1) is 12.8 Å². The van der Waals surface area contributed by atoms with Crippen molar-refractivity contribution in [3.63, 3.8) is 0 Å². The van der Waals surface area contributed by atoms with Gasteiger partial charge in [-0.05, 0) is 37.6 Å². The second-order valence-corrected chi connectivity index (χ2v) is 5.06. The molecule has 1 aromatic carbocycles. The van der Waals surface area contributed by atoms with E-state index in [1.165, 1.54) is 4.88 Å². The molecule has 1 aromatic heterocycles. The Hall–Kier alpha value is -1.55. The van der Waals surface area contributed by atoms with Gasteiger partial charge in [0.2, 0.25) is 0 Å². The number of anilines is 1. The Morgan fingerprint density at radius 1 is 1.29 bits per heavy atom. The Morgan fingerprint density at radius 2 is 2.06 bits per heavy atom. The van der Waals surface area contributed by atoms with E-state index in [9.17, 15) is 0 Å². The molecule has 17 heavy (non-hydrogen) atoms. The highest BCUT2D eigenvalue weighted by Crippen LogP contribution is 2.32. The number of thiazole rings is 1. The molecular weight excluding hydrogens is 232 g/mol. The third-order valence-corrected chi connectivity index (χ3v) is 3.67. The lowest BCUT2D eigenvalue weighted by Gasteiger charge is -2.06. The van der Waals surface area contributed by atoms with Gasteiger partial charge in [-0.1, -0.05) is 0 Å². The molecule has 0 radical (unpaired) electrons. The lowest BCUT2D eigenvalue weighted by Crippen LogP contribution is -1.89. The molecular formula is C13H16N2OS. The molecule has 90 valence electrons. The van der Waals surface area contributed by atoms with E-state index in [-0.39, 0.29) is 0 Å². The van der Waals surface area contributed by atoms with Gasteiger partial charge in [-0.3, -0.25) is 0 Å². The Kier molecular flexibility index (Phi) is 3.33. The summed E-state index contributed by atoms with van der Waals surface area (Å²) in [5.41, 5.74) is 3.31. The van der Waals surface area contributed by atoms with Crippen molar-refractivity contribution in [3.05, 3.63) is 28.6 Å². The number of ether oxygens (including phenoxy) is 1. The van der Waals surface area contributed by atoms with Crippen molar-refractivity contribution in [2.24, 2.45) is 0 Å². The Balaban J connectivity index is 2.45. The van der Waals surface area contributed by atoms with Crippen LogP contribution < -0.4 is 10.1 Å². The van der Waals surface area contributed by atoms with Crippen LogP contribution in [0, 0.1) is 13.8 Å². The summed E-state index contributed by atoms with van der Waals surface area (Å²) in [6.07, 6.45) is 0. The third kappa shape index (κ3) is 2.26. The fourth-order valence-corrected chi connectivity index (χ4v) is 2.59. The van der Waals surface area contributed by atoms with Crippen LogP contribution in [0.1, 0.15) is 10.4 Å². The highest BCUT2D eigenvalue weighted by molar-refractivity contribution is 7.15. The predicted octanol–water partition coefficient (Wildman–Crippen LogP) is 3.48. The standard InChI is InChI=1S/C13H16N2OS/c1-8-7-10(5-6-11(8)16-4)12-9(2)17-13(14-3)15-12/h5-7H,1-4H3,(H,14,15). The molecule has 0 unspecified atom stereocenters. The first kappa shape index (κ1) is 11.9. The molecule has 2 rings (SSSR count). The van der Waals surface area contributed by atoms with Gasteiger partial charge in [0.15, 0.2) is 5.13 Å². The topological polar surface area (TPSA) is 34.2 Å². The number of nitrogens with zero attached hydrogens (tertiary/aromatic N) is 1. The third-order valence-electron chi connectivity index (χ3n) is 2.68. The summed E-state index contributed by atoms with van der Waals surface area (Å²) >= 11 is 1.67. The second kappa shape index (κ2) is 4.75. The van der Waals surface area contributed by atoms with Gasteiger partial charge in [-0.25, -0.2) is 4.98 Å². The molecule has 0 aliphatic heterocycles. The molecule has 0 aliphatic carbocycles. The molecule has 1 heterocycles. The van der Waals surface area contributed by atoms with E-state index in [1.54, 1.807) is 18.4 Å². The molecule has 4 heteroatoms. The molecule has 0 amide bonds. The van der Waals surface area contributed by atoms with Crippen molar-refractivity contribution < 1.29 is 4.74 Å². The Morgan fingerprint density at radius 3 is 2.59 bits per heavy atom. The van der Waals surface area contributed by atoms with Gasteiger partial charge in [-0.15, -0.1) is 11.3 Å². The molecule has 0 saturated heterocycles. The second-order valence-electron chi connectivity index (χ2n) is 3.86. The van der Waals surface area contributed by atoms with Crippen molar-refractivity contribution in [3.8, 4) is 17.0 Å². The number of hydrogen-bond acceptors (Lipinski definition) is 4. The van der Waals surface area contributed by atoms with Gasteiger partial charge in [0.1, 0.15) is 5.75 Å². The summed E-state index contributed by atoms with van der Waals surface area (Å²) in [6, 6.07) is 6.15. The zero-order valence-corrected chi connectivity index (χ0v) is 11.3. The minimum Gasteiger partial charge on any atom is -0.496 e. The van der Waals surface area contributed by atoms with Crippen LogP contribution in [0.25, 0.3) is 11.3 Å². The van der Waals surface area contributed by atoms with E-state index in [4.69, 9.17) is 4.74 Å². The fraction of sp³-hybridized carbons (Fsp3) is 0.308. The summed E-state index contributed by atoms with van der Waals surface area (Å²) in [4.78, 5) is 5.78. The molecule has 3 nitrogen and oxygen atoms in total. The lowest BCUT2D eigenvalue weighted by atomic mass is 10.1. The van der Waals surface area contributed by atoms with Gasteiger partial charge < -0.3 is 10.1 Å². The van der Waals surface area contributed by atoms with Crippen LogP contribution in [0.2, 0.25) is 0 Å². The van der Waals surface area contributed by atoms with E-state index in [1.807, 2.05) is 26.1 Å². The minimum atomic E-state index is 0.912. The molecule has 0 fully saturated rings. The van der Waals surface area contributed by atoms with Gasteiger partial charge in [0, 0.05) is 17.5 Å². The van der Waals surface area contributed by atoms with Crippen molar-refractivity contribution in [1.29, 1.82) is 0 Å². The Labute approximate surface area is 105 Å². The molecule has 2 aromatic rings. The molecule has 0 spiro atoms. The normalized spacial score (nSPS) is 10.4. The van der Waals surface area contributed by atoms with Gasteiger partial charge in [0.25, 0.3) is 0 Å². The van der Waals surface area contributed by atoms with Crippen LogP contribution in [-0.4, -0.2) is 19.1 Å². The number of aryl methyl sites for hydroxylation is 2. The van der Waals surface area contributed by atoms with Crippen LogP contribution >= 0.6 is 11.3 Å². The van der Waals surface area contributed by atoms with Crippen LogP contribution in [0.5, 0.6) is 5.75 Å². The van der Waals surface area contributed by atoms with Crippen LogP contribution in [0.15, 0.2) is 18.2 Å². The van der Waals surface area contributed by atoms with Crippen molar-refractivity contribution in [1.82, 2.24) is 4.98 Å². The molecule has 0 atom stereocenters. The summed E-state index contributed by atoms with van der Waals surface area (Å²) in [5.74, 6) is 0.912. The summed E-state index contributed by atoms with van der Waals surface area (Å²) in [7, 11) is 3.58. The van der Waals surface area contributed by atoms with Gasteiger partial charge in [-0.2, -0.15) is 0 Å². The smallest absolute Gasteiger partial charge is 0.183 e. The number of aromatic nitrogens is 1. The maximum Gasteiger partial charge on any atom is 0.183 e. The maximum atomic E-state index is 5.26. The SMILES string of the molecule is CNc1nc(-c2ccc(OC)c(C)c2)c(C)s1. The number of benzene rings is 1. The Bertz CT molecular complexity index is 534. The summed E-state index contributed by atoms with van der Waals surface area (Å²) in [6.45, 7) is 4.14. The number of methoxy groups -OCH3 is 1. The van der Waals surface area contributed by atoms with E-state index in [0.29, 0.717) is 0 Å². The highest BCUT2D eigenvalue weighted by atomic mass is 32.1. The van der Waals surface area contributed by atoms with Crippen LogP contribution in [-0.2, 0) is 0 Å². The molecule has 0 bridgehead atoms. The monoisotopic (exact) mass is 248 g/mol. The number of nitrogens with one attached hydrogen (secondary N) is 1. The van der Waals surface area contributed by atoms with E-state index in [2.05, 4.69) is 23.3 Å². The van der Waals surface area contributed by atoms with Crippen LogP contribution in [0.3, 0.4) is 0 Å². The average molecular weight is 248 g/mol. The van der Waals surface area contributed by atoms with Crippen molar-refractivity contribution in [2.45, 2.75) is 13.8 Å². The highest BCUT2D eigenvalue weighted by Gasteiger charge is 2.10. The molecule has 1 N–H and O–H groups in total. The first-order valence-corrected chi connectivity index (χ1v) is 6.27. The molecule has 0 aliphatic rings. The largest absolute Gasteiger partial charge is 0.496 e. The van der Waals surface area contributed by atoms with Crippen molar-refractivity contribution in [2.75, 3.05) is 19.5 Å². The quantitative estimate of drug-likeness (QED) is 0.903. The van der Waals surface area contributed by atoms with E-state index < -0.39 is 0 Å². The summed E-state index contributed by atoms with van der Waals surface area (Å²) in [5, 5.41) is 4.03. The number of hydrogen-bond donors (Lipinski definition) is 1. The zero-order valence-electron chi connectivity index (χ0n) is 10.5. The van der Waals surface area contributed by atoms with E-state index >= 15 is 0 Å². The zero-order chi connectivity index (χ0) is 12.4. The first-order chi connectivity index (χ1) is 8.15. The average Bonchev–Trinajstić information content (AvgIpc) is 2.70. The fourth-order valence-electron chi connectivity index (χ4n) is 1.80.